The molecule has 0 unspecified atom stereocenters. The second-order valence-corrected chi connectivity index (χ2v) is 8.29. The van der Waals surface area contributed by atoms with Gasteiger partial charge in [-0.15, -0.1) is 5.10 Å². The van der Waals surface area contributed by atoms with E-state index in [1.807, 2.05) is 28.8 Å². The van der Waals surface area contributed by atoms with Crippen LogP contribution in [-0.4, -0.2) is 27.2 Å². The van der Waals surface area contributed by atoms with Gasteiger partial charge in [0.15, 0.2) is 11.5 Å². The molecule has 2 heterocycles. The first-order valence-corrected chi connectivity index (χ1v) is 10.9. The third-order valence-electron chi connectivity index (χ3n) is 5.44. The Hall–Kier alpha value is -2.94. The SMILES string of the molecule is C=NN/N=C(\N)c1ccc(CNc2cc(C3CCCCC3)nc3c(Br)cnn23)cc1. The Balaban J connectivity index is 1.54. The number of halogens is 1. The topological polar surface area (TPSA) is 105 Å². The molecule has 156 valence electrons. The fraction of sp³-hybridized carbons (Fsp3) is 0.333. The number of benzene rings is 1. The smallest absolute Gasteiger partial charge is 0.171 e. The highest BCUT2D eigenvalue weighted by Crippen LogP contribution is 2.33. The van der Waals surface area contributed by atoms with Crippen LogP contribution >= 0.6 is 15.9 Å². The summed E-state index contributed by atoms with van der Waals surface area (Å²) in [5.74, 6) is 1.82. The number of aromatic nitrogens is 3. The van der Waals surface area contributed by atoms with E-state index in [0.29, 0.717) is 18.3 Å². The molecule has 0 bridgehead atoms. The minimum Gasteiger partial charge on any atom is -0.382 e. The molecule has 4 N–H and O–H groups in total. The number of hydrazone groups is 2. The summed E-state index contributed by atoms with van der Waals surface area (Å²) in [6, 6.07) is 10.0. The number of fused-ring (bicyclic) bond motifs is 1. The molecular formula is C21H25BrN8. The van der Waals surface area contributed by atoms with Gasteiger partial charge < -0.3 is 11.1 Å². The van der Waals surface area contributed by atoms with Gasteiger partial charge >= 0.3 is 0 Å². The molecule has 0 amide bonds. The molecule has 0 aliphatic heterocycles. The highest BCUT2D eigenvalue weighted by molar-refractivity contribution is 9.10. The molecule has 1 fully saturated rings. The van der Waals surface area contributed by atoms with Crippen molar-refractivity contribution in [2.75, 3.05) is 5.32 Å². The van der Waals surface area contributed by atoms with E-state index >= 15 is 0 Å². The molecule has 0 atom stereocenters. The molecule has 9 heteroatoms. The predicted octanol–water partition coefficient (Wildman–Crippen LogP) is 3.98. The minimum atomic E-state index is 0.358. The highest BCUT2D eigenvalue weighted by atomic mass is 79.9. The van der Waals surface area contributed by atoms with Crippen LogP contribution in [0.25, 0.3) is 5.65 Å². The Morgan fingerprint density at radius 1 is 1.23 bits per heavy atom. The molecule has 1 aromatic carbocycles. The Morgan fingerprint density at radius 3 is 2.73 bits per heavy atom. The van der Waals surface area contributed by atoms with Gasteiger partial charge in [-0.3, -0.25) is 0 Å². The number of anilines is 1. The van der Waals surface area contributed by atoms with Gasteiger partial charge in [0.2, 0.25) is 0 Å². The maximum Gasteiger partial charge on any atom is 0.171 e. The first-order valence-electron chi connectivity index (χ1n) is 10.1. The van der Waals surface area contributed by atoms with Crippen molar-refractivity contribution < 1.29 is 0 Å². The van der Waals surface area contributed by atoms with Gasteiger partial charge in [0.1, 0.15) is 5.82 Å². The zero-order chi connectivity index (χ0) is 20.9. The Kier molecular flexibility index (Phi) is 6.27. The maximum absolute atomic E-state index is 5.91. The number of hydrogen-bond donors (Lipinski definition) is 3. The van der Waals surface area contributed by atoms with E-state index in [1.165, 1.54) is 32.1 Å². The number of hydrogen-bond acceptors (Lipinski definition) is 6. The average molecular weight is 469 g/mol. The number of nitrogens with zero attached hydrogens (tertiary/aromatic N) is 5. The summed E-state index contributed by atoms with van der Waals surface area (Å²) in [7, 11) is 0. The lowest BCUT2D eigenvalue weighted by atomic mass is 9.87. The lowest BCUT2D eigenvalue weighted by Gasteiger charge is -2.22. The molecule has 2 aromatic heterocycles. The van der Waals surface area contributed by atoms with Crippen molar-refractivity contribution in [3.05, 3.63) is 57.8 Å². The molecule has 0 saturated heterocycles. The predicted molar refractivity (Wildman–Crippen MR) is 124 cm³/mol. The van der Waals surface area contributed by atoms with E-state index in [2.05, 4.69) is 54.9 Å². The fourth-order valence-electron chi connectivity index (χ4n) is 3.83. The third kappa shape index (κ3) is 4.46. The molecule has 0 radical (unpaired) electrons. The number of rotatable bonds is 7. The summed E-state index contributed by atoms with van der Waals surface area (Å²) in [5.41, 5.74) is 12.2. The molecule has 0 spiro atoms. The van der Waals surface area contributed by atoms with E-state index in [9.17, 15) is 0 Å². The van der Waals surface area contributed by atoms with Crippen LogP contribution in [-0.2, 0) is 6.54 Å². The molecule has 8 nitrogen and oxygen atoms in total. The van der Waals surface area contributed by atoms with Crippen molar-refractivity contribution in [2.45, 2.75) is 44.6 Å². The second-order valence-electron chi connectivity index (χ2n) is 7.43. The van der Waals surface area contributed by atoms with E-state index in [4.69, 9.17) is 10.7 Å². The first-order chi connectivity index (χ1) is 14.7. The molecule has 3 aromatic rings. The van der Waals surface area contributed by atoms with Crippen LogP contribution in [0.15, 0.2) is 51.2 Å². The van der Waals surface area contributed by atoms with Crippen LogP contribution in [0.4, 0.5) is 5.82 Å². The second kappa shape index (κ2) is 9.25. The monoisotopic (exact) mass is 468 g/mol. The van der Waals surface area contributed by atoms with Gasteiger partial charge in [-0.25, -0.2) is 4.98 Å². The summed E-state index contributed by atoms with van der Waals surface area (Å²) >= 11 is 3.58. The summed E-state index contributed by atoms with van der Waals surface area (Å²) in [6.45, 7) is 3.96. The van der Waals surface area contributed by atoms with E-state index < -0.39 is 0 Å². The van der Waals surface area contributed by atoms with Crippen molar-refractivity contribution in [3.8, 4) is 0 Å². The van der Waals surface area contributed by atoms with Gasteiger partial charge in [-0.2, -0.15) is 20.3 Å². The average Bonchev–Trinajstić information content (AvgIpc) is 3.17. The molecule has 30 heavy (non-hydrogen) atoms. The number of amidine groups is 1. The van der Waals surface area contributed by atoms with Crippen molar-refractivity contribution in [3.63, 3.8) is 0 Å². The van der Waals surface area contributed by atoms with Crippen molar-refractivity contribution >= 4 is 39.9 Å². The standard InChI is InChI=1S/C21H25BrN8/c1-24-29-28-20(23)16-9-7-14(8-10-16)12-25-19-11-18(15-5-3-2-4-6-15)27-21-17(22)13-26-30(19)21/h7-11,13,15,25,29H,1-6,12H2,(H2,23,28). The Morgan fingerprint density at radius 2 is 2.00 bits per heavy atom. The van der Waals surface area contributed by atoms with E-state index in [0.717, 1.165) is 32.8 Å². The minimum absolute atomic E-state index is 0.358. The van der Waals surface area contributed by atoms with E-state index in [1.54, 1.807) is 6.20 Å². The van der Waals surface area contributed by atoms with Crippen LogP contribution in [0.5, 0.6) is 0 Å². The lowest BCUT2D eigenvalue weighted by Crippen LogP contribution is -2.16. The summed E-state index contributed by atoms with van der Waals surface area (Å²) in [4.78, 5) is 4.90. The molecule has 1 aliphatic carbocycles. The summed E-state index contributed by atoms with van der Waals surface area (Å²) < 4.78 is 2.76. The quantitative estimate of drug-likeness (QED) is 0.276. The van der Waals surface area contributed by atoms with Gasteiger partial charge in [0.25, 0.3) is 0 Å². The van der Waals surface area contributed by atoms with Crippen LogP contribution in [0, 0.1) is 0 Å². The highest BCUT2D eigenvalue weighted by Gasteiger charge is 2.20. The number of nitrogens with one attached hydrogen (secondary N) is 2. The molecule has 1 aliphatic rings. The van der Waals surface area contributed by atoms with Crippen LogP contribution in [0.1, 0.15) is 54.8 Å². The van der Waals surface area contributed by atoms with Crippen molar-refractivity contribution in [1.29, 1.82) is 0 Å². The van der Waals surface area contributed by atoms with Gasteiger partial charge in [-0.1, -0.05) is 43.5 Å². The van der Waals surface area contributed by atoms with Crippen molar-refractivity contribution in [2.24, 2.45) is 15.9 Å². The van der Waals surface area contributed by atoms with E-state index in [-0.39, 0.29) is 0 Å². The molecular weight excluding hydrogens is 444 g/mol. The Labute approximate surface area is 183 Å². The fourth-order valence-corrected chi connectivity index (χ4v) is 4.18. The normalized spacial score (nSPS) is 15.3. The largest absolute Gasteiger partial charge is 0.382 e. The molecule has 4 rings (SSSR count). The van der Waals surface area contributed by atoms with Crippen LogP contribution in [0.2, 0.25) is 0 Å². The zero-order valence-electron chi connectivity index (χ0n) is 16.7. The number of nitrogens with two attached hydrogens (primary N) is 1. The van der Waals surface area contributed by atoms with Crippen LogP contribution < -0.4 is 16.6 Å². The lowest BCUT2D eigenvalue weighted by molar-refractivity contribution is 0.437. The van der Waals surface area contributed by atoms with Crippen molar-refractivity contribution in [1.82, 2.24) is 20.1 Å². The Bertz CT molecular complexity index is 1050. The maximum atomic E-state index is 5.91. The third-order valence-corrected chi connectivity index (χ3v) is 6.00. The zero-order valence-corrected chi connectivity index (χ0v) is 18.3. The summed E-state index contributed by atoms with van der Waals surface area (Å²) in [6.07, 6.45) is 8.08. The van der Waals surface area contributed by atoms with Gasteiger partial charge in [0, 0.05) is 36.5 Å². The molecule has 1 saturated carbocycles. The first kappa shape index (κ1) is 20.3. The summed E-state index contributed by atoms with van der Waals surface area (Å²) in [5, 5.41) is 15.4. The van der Waals surface area contributed by atoms with Crippen LogP contribution in [0.3, 0.4) is 0 Å². The van der Waals surface area contributed by atoms with Gasteiger partial charge in [-0.05, 0) is 34.3 Å². The van der Waals surface area contributed by atoms with Gasteiger partial charge in [0.05, 0.1) is 10.7 Å².